The first-order valence-electron chi connectivity index (χ1n) is 9.04. The van der Waals surface area contributed by atoms with Crippen molar-refractivity contribution in [3.05, 3.63) is 59.1 Å². The Morgan fingerprint density at radius 3 is 2.48 bits per heavy atom. The van der Waals surface area contributed by atoms with Gasteiger partial charge in [0.1, 0.15) is 0 Å². The number of ether oxygens (including phenoxy) is 2. The number of aliphatic imine (C=N–C) groups is 1. The molecule has 0 aliphatic carbocycles. The largest absolute Gasteiger partial charge is 0.573 e. The second-order valence-electron chi connectivity index (χ2n) is 6.74. The van der Waals surface area contributed by atoms with Crippen LogP contribution in [0.3, 0.4) is 0 Å². The molecule has 0 bridgehead atoms. The molecule has 2 aromatic carbocycles. The molecule has 0 aromatic heterocycles. The molecule has 3 N–H and O–H groups in total. The average Bonchev–Trinajstić information content (AvgIpc) is 2.68. The Morgan fingerprint density at radius 2 is 1.79 bits per heavy atom. The first kappa shape index (κ1) is 21.3. The Morgan fingerprint density at radius 1 is 1.14 bits per heavy atom. The summed E-state index contributed by atoms with van der Waals surface area (Å²) in [6.45, 7) is 1.45. The summed E-state index contributed by atoms with van der Waals surface area (Å²) >= 11 is 6.42. The fourth-order valence-corrected chi connectivity index (χ4v) is 3.70. The van der Waals surface area contributed by atoms with Crippen molar-refractivity contribution in [2.45, 2.75) is 24.6 Å². The topological polar surface area (TPSA) is 68.9 Å². The number of nitrogens with two attached hydrogens (primary N) is 1. The summed E-state index contributed by atoms with van der Waals surface area (Å²) in [4.78, 5) is 4.40. The van der Waals surface area contributed by atoms with Crippen LogP contribution in [0.1, 0.15) is 18.4 Å². The molecule has 156 valence electrons. The van der Waals surface area contributed by atoms with E-state index in [0.717, 1.165) is 5.56 Å². The van der Waals surface area contributed by atoms with E-state index in [1.165, 1.54) is 18.2 Å². The van der Waals surface area contributed by atoms with E-state index < -0.39 is 6.36 Å². The minimum Gasteiger partial charge on any atom is -0.404 e. The average molecular weight is 428 g/mol. The number of guanidine groups is 1. The van der Waals surface area contributed by atoms with Crippen LogP contribution in [0.2, 0.25) is 5.02 Å². The second-order valence-corrected chi connectivity index (χ2v) is 7.15. The standard InChI is InChI=1S/C20H21ClF3N3O2/c21-15-6-2-1-5-14(15)19(9-11-28-12-10-19)13-26-18(25)27-16-7-3-4-8-17(16)29-20(22,23)24/h1-8H,9-13H2,(H3,25,26,27). The molecule has 29 heavy (non-hydrogen) atoms. The zero-order valence-corrected chi connectivity index (χ0v) is 16.3. The maximum atomic E-state index is 12.6. The number of rotatable bonds is 5. The number of anilines is 1. The number of benzene rings is 2. The van der Waals surface area contributed by atoms with Crippen LogP contribution in [0, 0.1) is 0 Å². The summed E-state index contributed by atoms with van der Waals surface area (Å²) in [6, 6.07) is 13.2. The van der Waals surface area contributed by atoms with Crippen molar-refractivity contribution in [1.29, 1.82) is 0 Å². The molecule has 0 radical (unpaired) electrons. The van der Waals surface area contributed by atoms with Crippen molar-refractivity contribution in [2.75, 3.05) is 25.1 Å². The number of halogens is 4. The van der Waals surface area contributed by atoms with Gasteiger partial charge in [-0.05, 0) is 36.6 Å². The van der Waals surface area contributed by atoms with Crippen LogP contribution in [0.5, 0.6) is 5.75 Å². The van der Waals surface area contributed by atoms with E-state index >= 15 is 0 Å². The molecule has 0 unspecified atom stereocenters. The molecule has 1 aliphatic rings. The number of para-hydroxylation sites is 2. The van der Waals surface area contributed by atoms with E-state index in [4.69, 9.17) is 22.1 Å². The fraction of sp³-hybridized carbons (Fsp3) is 0.350. The number of nitrogens with one attached hydrogen (secondary N) is 1. The highest BCUT2D eigenvalue weighted by atomic mass is 35.5. The summed E-state index contributed by atoms with van der Waals surface area (Å²) < 4.78 is 47.3. The van der Waals surface area contributed by atoms with Gasteiger partial charge in [0.25, 0.3) is 0 Å². The zero-order chi connectivity index (χ0) is 20.9. The molecule has 3 rings (SSSR count). The van der Waals surface area contributed by atoms with Crippen LogP contribution >= 0.6 is 11.6 Å². The lowest BCUT2D eigenvalue weighted by Crippen LogP contribution is -2.38. The molecular formula is C20H21ClF3N3O2. The van der Waals surface area contributed by atoms with Gasteiger partial charge in [-0.1, -0.05) is 41.9 Å². The van der Waals surface area contributed by atoms with Crippen LogP contribution in [0.25, 0.3) is 0 Å². The van der Waals surface area contributed by atoms with Crippen LogP contribution < -0.4 is 15.8 Å². The van der Waals surface area contributed by atoms with Gasteiger partial charge in [-0.3, -0.25) is 4.99 Å². The lowest BCUT2D eigenvalue weighted by Gasteiger charge is -2.37. The highest BCUT2D eigenvalue weighted by molar-refractivity contribution is 6.31. The minimum atomic E-state index is -4.81. The summed E-state index contributed by atoms with van der Waals surface area (Å²) in [6.07, 6.45) is -3.39. The fourth-order valence-electron chi connectivity index (χ4n) is 3.36. The Kier molecular flexibility index (Phi) is 6.54. The van der Waals surface area contributed by atoms with Crippen molar-refractivity contribution in [1.82, 2.24) is 0 Å². The van der Waals surface area contributed by atoms with Crippen molar-refractivity contribution in [3.63, 3.8) is 0 Å². The second kappa shape index (κ2) is 8.92. The van der Waals surface area contributed by atoms with Gasteiger partial charge in [0.15, 0.2) is 11.7 Å². The first-order chi connectivity index (χ1) is 13.8. The van der Waals surface area contributed by atoms with Gasteiger partial charge in [0.05, 0.1) is 12.2 Å². The van der Waals surface area contributed by atoms with Gasteiger partial charge < -0.3 is 20.5 Å². The molecule has 1 fully saturated rings. The van der Waals surface area contributed by atoms with Gasteiger partial charge in [0, 0.05) is 23.7 Å². The third-order valence-corrected chi connectivity index (χ3v) is 5.15. The SMILES string of the molecule is NC(=NCC1(c2ccccc2Cl)CCOCC1)Nc1ccccc1OC(F)(F)F. The number of hydrogen-bond donors (Lipinski definition) is 2. The molecular weight excluding hydrogens is 407 g/mol. The molecule has 5 nitrogen and oxygen atoms in total. The van der Waals surface area contributed by atoms with Gasteiger partial charge in [0.2, 0.25) is 0 Å². The molecule has 0 saturated carbocycles. The maximum Gasteiger partial charge on any atom is 0.573 e. The molecule has 9 heteroatoms. The van der Waals surface area contributed by atoms with Crippen molar-refractivity contribution in [3.8, 4) is 5.75 Å². The van der Waals surface area contributed by atoms with Crippen LogP contribution in [-0.2, 0) is 10.2 Å². The zero-order valence-electron chi connectivity index (χ0n) is 15.5. The van der Waals surface area contributed by atoms with Crippen LogP contribution in [0.15, 0.2) is 53.5 Å². The molecule has 0 spiro atoms. The third kappa shape index (κ3) is 5.55. The third-order valence-electron chi connectivity index (χ3n) is 4.82. The predicted octanol–water partition coefficient (Wildman–Crippen LogP) is 4.71. The Balaban J connectivity index is 1.80. The Labute approximate surface area is 171 Å². The van der Waals surface area contributed by atoms with Gasteiger partial charge >= 0.3 is 6.36 Å². The van der Waals surface area contributed by atoms with E-state index in [1.54, 1.807) is 6.07 Å². The van der Waals surface area contributed by atoms with E-state index in [0.29, 0.717) is 37.6 Å². The normalized spacial score (nSPS) is 17.0. The number of hydrogen-bond acceptors (Lipinski definition) is 3. The van der Waals surface area contributed by atoms with Crippen LogP contribution in [0.4, 0.5) is 18.9 Å². The quantitative estimate of drug-likeness (QED) is 0.535. The predicted molar refractivity (Wildman–Crippen MR) is 106 cm³/mol. The van der Waals surface area contributed by atoms with Crippen LogP contribution in [-0.4, -0.2) is 32.1 Å². The maximum absolute atomic E-state index is 12.6. The van der Waals surface area contributed by atoms with Crippen molar-refractivity contribution < 1.29 is 22.6 Å². The summed E-state index contributed by atoms with van der Waals surface area (Å²) in [5.41, 5.74) is 6.65. The van der Waals surface area contributed by atoms with E-state index in [2.05, 4.69) is 15.0 Å². The summed E-state index contributed by atoms with van der Waals surface area (Å²) in [5.74, 6) is -0.397. The van der Waals surface area contributed by atoms with Gasteiger partial charge in [-0.2, -0.15) is 0 Å². The highest BCUT2D eigenvalue weighted by Gasteiger charge is 2.36. The summed E-state index contributed by atoms with van der Waals surface area (Å²) in [5, 5.41) is 3.33. The monoisotopic (exact) mass is 427 g/mol. The molecule has 0 amide bonds. The van der Waals surface area contributed by atoms with E-state index in [9.17, 15) is 13.2 Å². The first-order valence-corrected chi connectivity index (χ1v) is 9.41. The lowest BCUT2D eigenvalue weighted by molar-refractivity contribution is -0.274. The number of nitrogens with zero attached hydrogens (tertiary/aromatic N) is 1. The minimum absolute atomic E-state index is 0.0128. The van der Waals surface area contributed by atoms with E-state index in [-0.39, 0.29) is 22.8 Å². The van der Waals surface area contributed by atoms with E-state index in [1.807, 2.05) is 24.3 Å². The van der Waals surface area contributed by atoms with Gasteiger partial charge in [-0.15, -0.1) is 13.2 Å². The molecule has 2 aromatic rings. The number of alkyl halides is 3. The Hall–Kier alpha value is -2.45. The molecule has 0 atom stereocenters. The van der Waals surface area contributed by atoms with Crippen molar-refractivity contribution >= 4 is 23.2 Å². The highest BCUT2D eigenvalue weighted by Crippen LogP contribution is 2.39. The summed E-state index contributed by atoms with van der Waals surface area (Å²) in [7, 11) is 0. The Bertz CT molecular complexity index is 868. The molecule has 1 saturated heterocycles. The molecule has 1 heterocycles. The lowest BCUT2D eigenvalue weighted by atomic mass is 9.74. The van der Waals surface area contributed by atoms with Crippen molar-refractivity contribution in [2.24, 2.45) is 10.7 Å². The smallest absolute Gasteiger partial charge is 0.404 e. The van der Waals surface area contributed by atoms with Gasteiger partial charge in [-0.25, -0.2) is 0 Å². The molecule has 1 aliphatic heterocycles.